The number of anilines is 1. The molecule has 0 unspecified atom stereocenters. The number of carbonyl (C=O) groups is 1. The molecule has 0 aliphatic carbocycles. The van der Waals surface area contributed by atoms with Crippen LogP contribution in [-0.2, 0) is 9.53 Å². The smallest absolute Gasteiger partial charge is 0.394 e. The number of aromatic nitrogens is 2. The SMILES string of the molecule is C[C@H]1[C@@H](OC(F)(F)F)CN1C(=O)[C@@H](CO)Nc1cc(-c2ccc(F)cc2)ncn1. The van der Waals surface area contributed by atoms with Gasteiger partial charge in [-0.1, -0.05) is 0 Å². The van der Waals surface area contributed by atoms with E-state index in [-0.39, 0.29) is 12.4 Å². The molecule has 0 radical (unpaired) electrons. The van der Waals surface area contributed by atoms with E-state index in [4.69, 9.17) is 0 Å². The van der Waals surface area contributed by atoms with Crippen molar-refractivity contribution < 1.29 is 32.2 Å². The molecule has 3 atom stereocenters. The molecule has 0 saturated carbocycles. The summed E-state index contributed by atoms with van der Waals surface area (Å²) >= 11 is 0. The van der Waals surface area contributed by atoms with Crippen LogP contribution in [0.15, 0.2) is 36.7 Å². The molecule has 1 aromatic carbocycles. The van der Waals surface area contributed by atoms with Crippen molar-refractivity contribution in [3.8, 4) is 11.3 Å². The highest BCUT2D eigenvalue weighted by atomic mass is 19.4. The molecule has 1 aromatic heterocycles. The number of aliphatic hydroxyl groups excluding tert-OH is 1. The third-order valence-electron chi connectivity index (χ3n) is 4.58. The second-order valence-corrected chi connectivity index (χ2v) is 6.51. The van der Waals surface area contributed by atoms with Crippen LogP contribution in [0.25, 0.3) is 11.3 Å². The number of carbonyl (C=O) groups excluding carboxylic acids is 1. The van der Waals surface area contributed by atoms with E-state index >= 15 is 0 Å². The van der Waals surface area contributed by atoms with Crippen LogP contribution < -0.4 is 5.32 Å². The Morgan fingerprint density at radius 3 is 2.62 bits per heavy atom. The molecule has 0 spiro atoms. The molecule has 1 aliphatic rings. The van der Waals surface area contributed by atoms with Crippen LogP contribution >= 0.6 is 0 Å². The number of amides is 1. The molecule has 11 heteroatoms. The molecule has 1 saturated heterocycles. The van der Waals surface area contributed by atoms with E-state index in [1.54, 1.807) is 0 Å². The number of likely N-dealkylation sites (tertiary alicyclic amines) is 1. The minimum absolute atomic E-state index is 0.225. The molecular weight excluding hydrogens is 396 g/mol. The number of alkyl halides is 3. The van der Waals surface area contributed by atoms with Gasteiger partial charge in [-0.15, -0.1) is 13.2 Å². The maximum atomic E-state index is 13.1. The number of aliphatic hydroxyl groups is 1. The average Bonchev–Trinajstić information content (AvgIpc) is 2.68. The van der Waals surface area contributed by atoms with Crippen molar-refractivity contribution in [2.24, 2.45) is 0 Å². The molecule has 29 heavy (non-hydrogen) atoms. The lowest BCUT2D eigenvalue weighted by Crippen LogP contribution is -2.65. The molecule has 3 rings (SSSR count). The quantitative estimate of drug-likeness (QED) is 0.705. The van der Waals surface area contributed by atoms with Crippen LogP contribution in [0.3, 0.4) is 0 Å². The molecule has 0 bridgehead atoms. The van der Waals surface area contributed by atoms with Crippen LogP contribution in [0.4, 0.5) is 23.4 Å². The molecule has 2 heterocycles. The fourth-order valence-corrected chi connectivity index (χ4v) is 2.95. The van der Waals surface area contributed by atoms with Gasteiger partial charge in [-0.05, 0) is 31.2 Å². The maximum absolute atomic E-state index is 13.1. The summed E-state index contributed by atoms with van der Waals surface area (Å²) in [6, 6.07) is 5.21. The van der Waals surface area contributed by atoms with Crippen molar-refractivity contribution in [1.82, 2.24) is 14.9 Å². The summed E-state index contributed by atoms with van der Waals surface area (Å²) < 4.78 is 54.0. The molecule has 156 valence electrons. The highest BCUT2D eigenvalue weighted by Gasteiger charge is 2.47. The lowest BCUT2D eigenvalue weighted by atomic mass is 9.99. The highest BCUT2D eigenvalue weighted by Crippen LogP contribution is 2.29. The third kappa shape index (κ3) is 4.98. The normalized spacial score (nSPS) is 20.1. The zero-order chi connectivity index (χ0) is 21.2. The lowest BCUT2D eigenvalue weighted by molar-refractivity contribution is -0.359. The van der Waals surface area contributed by atoms with Crippen LogP contribution in [0, 0.1) is 5.82 Å². The van der Waals surface area contributed by atoms with E-state index in [9.17, 15) is 27.5 Å². The van der Waals surface area contributed by atoms with Crippen LogP contribution in [-0.4, -0.2) is 63.6 Å². The van der Waals surface area contributed by atoms with Gasteiger partial charge in [0.25, 0.3) is 0 Å². The maximum Gasteiger partial charge on any atom is 0.522 e. The van der Waals surface area contributed by atoms with Gasteiger partial charge in [0.05, 0.1) is 18.3 Å². The summed E-state index contributed by atoms with van der Waals surface area (Å²) in [4.78, 5) is 21.8. The predicted molar refractivity (Wildman–Crippen MR) is 94.0 cm³/mol. The number of benzene rings is 1. The average molecular weight is 414 g/mol. The predicted octanol–water partition coefficient (Wildman–Crippen LogP) is 2.19. The van der Waals surface area contributed by atoms with E-state index in [0.29, 0.717) is 11.3 Å². The van der Waals surface area contributed by atoms with Crippen LogP contribution in [0.5, 0.6) is 0 Å². The fraction of sp³-hybridized carbons (Fsp3) is 0.389. The number of nitrogens with one attached hydrogen (secondary N) is 1. The van der Waals surface area contributed by atoms with E-state index in [0.717, 1.165) is 0 Å². The Morgan fingerprint density at radius 2 is 2.03 bits per heavy atom. The minimum atomic E-state index is -4.78. The van der Waals surface area contributed by atoms with Gasteiger partial charge in [-0.2, -0.15) is 0 Å². The zero-order valence-corrected chi connectivity index (χ0v) is 15.2. The van der Waals surface area contributed by atoms with E-state index in [1.807, 2.05) is 0 Å². The standard InChI is InChI=1S/C18H18F4N4O3/c1-10-15(29-18(20,21)22)7-26(10)17(28)14(8-27)25-16-6-13(23-9-24-16)11-2-4-12(19)5-3-11/h2-6,9-10,14-15,27H,7-8H2,1H3,(H,23,24,25)/t10-,14+,15-/m0/s1. The summed E-state index contributed by atoms with van der Waals surface area (Å²) in [6.07, 6.45) is -4.69. The van der Waals surface area contributed by atoms with Crippen molar-refractivity contribution in [2.75, 3.05) is 18.5 Å². The molecule has 7 nitrogen and oxygen atoms in total. The Balaban J connectivity index is 1.66. The summed E-state index contributed by atoms with van der Waals surface area (Å²) in [5, 5.41) is 12.3. The van der Waals surface area contributed by atoms with Gasteiger partial charge in [-0.3, -0.25) is 9.53 Å². The highest BCUT2D eigenvalue weighted by molar-refractivity contribution is 5.86. The molecule has 2 N–H and O–H groups in total. The second-order valence-electron chi connectivity index (χ2n) is 6.51. The van der Waals surface area contributed by atoms with E-state index in [2.05, 4.69) is 20.0 Å². The van der Waals surface area contributed by atoms with Gasteiger partial charge >= 0.3 is 6.36 Å². The Bertz CT molecular complexity index is 863. The number of hydrogen-bond donors (Lipinski definition) is 2. The first kappa shape index (κ1) is 20.9. The molecule has 1 amide bonds. The summed E-state index contributed by atoms with van der Waals surface area (Å²) in [5.41, 5.74) is 1.08. The first-order valence-electron chi connectivity index (χ1n) is 8.68. The molecule has 1 aliphatic heterocycles. The zero-order valence-electron chi connectivity index (χ0n) is 15.2. The Morgan fingerprint density at radius 1 is 1.34 bits per heavy atom. The van der Waals surface area contributed by atoms with Crippen molar-refractivity contribution >= 4 is 11.7 Å². The van der Waals surface area contributed by atoms with Crippen molar-refractivity contribution in [3.63, 3.8) is 0 Å². The Kier molecular flexibility index (Phi) is 5.99. The molecular formula is C18H18F4N4O3. The van der Waals surface area contributed by atoms with Crippen molar-refractivity contribution in [2.45, 2.75) is 31.5 Å². The fourth-order valence-electron chi connectivity index (χ4n) is 2.95. The van der Waals surface area contributed by atoms with Gasteiger partial charge in [0, 0.05) is 18.2 Å². The lowest BCUT2D eigenvalue weighted by Gasteiger charge is -2.46. The summed E-state index contributed by atoms with van der Waals surface area (Å²) in [6.45, 7) is 0.606. The molecule has 1 fully saturated rings. The van der Waals surface area contributed by atoms with Crippen LogP contribution in [0.1, 0.15) is 6.92 Å². The van der Waals surface area contributed by atoms with Gasteiger partial charge in [0.2, 0.25) is 5.91 Å². The minimum Gasteiger partial charge on any atom is -0.394 e. The number of hydrogen-bond acceptors (Lipinski definition) is 6. The first-order valence-corrected chi connectivity index (χ1v) is 8.68. The van der Waals surface area contributed by atoms with Gasteiger partial charge in [0.15, 0.2) is 0 Å². The summed E-state index contributed by atoms with van der Waals surface area (Å²) in [7, 11) is 0. The number of ether oxygens (including phenoxy) is 1. The molecule has 2 aromatic rings. The number of nitrogens with zero attached hydrogens (tertiary/aromatic N) is 3. The number of halogens is 4. The third-order valence-corrected chi connectivity index (χ3v) is 4.58. The first-order chi connectivity index (χ1) is 13.7. The van der Waals surface area contributed by atoms with Crippen molar-refractivity contribution in [3.05, 3.63) is 42.5 Å². The second kappa shape index (κ2) is 8.29. The van der Waals surface area contributed by atoms with Crippen LogP contribution in [0.2, 0.25) is 0 Å². The topological polar surface area (TPSA) is 87.6 Å². The van der Waals surface area contributed by atoms with Gasteiger partial charge in [-0.25, -0.2) is 14.4 Å². The number of rotatable bonds is 6. The summed E-state index contributed by atoms with van der Waals surface area (Å²) in [5.74, 6) is -0.754. The largest absolute Gasteiger partial charge is 0.522 e. The van der Waals surface area contributed by atoms with Gasteiger partial charge < -0.3 is 15.3 Å². The van der Waals surface area contributed by atoms with E-state index in [1.165, 1.54) is 48.5 Å². The Labute approximate surface area is 163 Å². The van der Waals surface area contributed by atoms with Gasteiger partial charge in [0.1, 0.15) is 30.1 Å². The van der Waals surface area contributed by atoms with Crippen molar-refractivity contribution in [1.29, 1.82) is 0 Å². The Hall–Kier alpha value is -2.79. The van der Waals surface area contributed by atoms with E-state index < -0.39 is 42.9 Å². The monoisotopic (exact) mass is 414 g/mol.